The molecule has 0 radical (unpaired) electrons. The van der Waals surface area contributed by atoms with E-state index in [9.17, 15) is 0 Å². The van der Waals surface area contributed by atoms with Gasteiger partial charge in [-0.3, -0.25) is 5.43 Å². The van der Waals surface area contributed by atoms with E-state index < -0.39 is 0 Å². The van der Waals surface area contributed by atoms with Crippen LogP contribution >= 0.6 is 11.8 Å². The quantitative estimate of drug-likeness (QED) is 0.630. The third kappa shape index (κ3) is 3.63. The number of nitrogens with zero attached hydrogens (tertiary/aromatic N) is 5. The van der Waals surface area contributed by atoms with E-state index >= 15 is 0 Å². The van der Waals surface area contributed by atoms with Gasteiger partial charge in [-0.1, -0.05) is 13.8 Å². The van der Waals surface area contributed by atoms with Crippen molar-refractivity contribution < 1.29 is 0 Å². The predicted octanol–water partition coefficient (Wildman–Crippen LogP) is 0.945. The lowest BCUT2D eigenvalue weighted by Crippen LogP contribution is -2.30. The van der Waals surface area contributed by atoms with Crippen LogP contribution in [0, 0.1) is 0 Å². The van der Waals surface area contributed by atoms with Crippen molar-refractivity contribution in [3.8, 4) is 0 Å². The van der Waals surface area contributed by atoms with Crippen LogP contribution in [0.15, 0.2) is 0 Å². The molecule has 1 aliphatic rings. The fraction of sp³-hybridized carbons (Fsp3) is 0.750. The van der Waals surface area contributed by atoms with Gasteiger partial charge in [-0.15, -0.1) is 0 Å². The molecular weight excluding hydrogens is 274 g/mol. The first-order valence-corrected chi connectivity index (χ1v) is 7.69. The predicted molar refractivity (Wildman–Crippen MR) is 85.3 cm³/mol. The summed E-state index contributed by atoms with van der Waals surface area (Å²) >= 11 is 2.00. The Morgan fingerprint density at radius 3 is 2.65 bits per heavy atom. The van der Waals surface area contributed by atoms with Crippen molar-refractivity contribution in [3.05, 3.63) is 0 Å². The minimum Gasteiger partial charge on any atom is -0.347 e. The van der Waals surface area contributed by atoms with Gasteiger partial charge in [0.15, 0.2) is 0 Å². The molecule has 7 nitrogen and oxygen atoms in total. The molecule has 8 heteroatoms. The monoisotopic (exact) mass is 297 g/mol. The summed E-state index contributed by atoms with van der Waals surface area (Å²) in [5.74, 6) is 8.22. The van der Waals surface area contributed by atoms with Crippen molar-refractivity contribution in [1.29, 1.82) is 0 Å². The van der Waals surface area contributed by atoms with Crippen LogP contribution in [-0.2, 0) is 0 Å². The van der Waals surface area contributed by atoms with Gasteiger partial charge >= 0.3 is 0 Å². The summed E-state index contributed by atoms with van der Waals surface area (Å²) in [4.78, 5) is 17.2. The van der Waals surface area contributed by atoms with Gasteiger partial charge in [0.05, 0.1) is 0 Å². The standard InChI is InChI=1S/C12H23N7S/c1-12(2)5-6-19(7-8-20-12)11-15-9(17-13)14-10(16-11)18(3)4/h5-8,13H2,1-4H3,(H,14,15,16,17). The SMILES string of the molecule is CN(C)c1nc(NN)nc(N2CCSC(C)(C)CC2)n1. The van der Waals surface area contributed by atoms with Crippen LogP contribution in [-0.4, -0.2) is 52.6 Å². The normalized spacial score (nSPS) is 18.6. The number of nitrogen functional groups attached to an aromatic ring is 1. The van der Waals surface area contributed by atoms with Crippen molar-refractivity contribution in [1.82, 2.24) is 15.0 Å². The highest BCUT2D eigenvalue weighted by Gasteiger charge is 2.25. The second kappa shape index (κ2) is 6.01. The number of aromatic nitrogens is 3. The lowest BCUT2D eigenvalue weighted by molar-refractivity contribution is 0.631. The molecule has 1 aromatic rings. The molecule has 0 atom stereocenters. The zero-order chi connectivity index (χ0) is 14.8. The summed E-state index contributed by atoms with van der Waals surface area (Å²) in [6.07, 6.45) is 1.10. The Labute approximate surface area is 124 Å². The topological polar surface area (TPSA) is 83.2 Å². The molecule has 112 valence electrons. The van der Waals surface area contributed by atoms with Gasteiger partial charge in [0.1, 0.15) is 0 Å². The Morgan fingerprint density at radius 2 is 2.00 bits per heavy atom. The maximum absolute atomic E-state index is 5.45. The Hall–Kier alpha value is -1.28. The highest BCUT2D eigenvalue weighted by atomic mass is 32.2. The Bertz CT molecular complexity index is 463. The van der Waals surface area contributed by atoms with E-state index in [-0.39, 0.29) is 0 Å². The first-order chi connectivity index (χ1) is 9.41. The van der Waals surface area contributed by atoms with E-state index in [0.717, 1.165) is 25.3 Å². The summed E-state index contributed by atoms with van der Waals surface area (Å²) < 4.78 is 0.307. The largest absolute Gasteiger partial charge is 0.347 e. The van der Waals surface area contributed by atoms with E-state index in [1.54, 1.807) is 0 Å². The Balaban J connectivity index is 2.25. The number of thioether (sulfide) groups is 1. The van der Waals surface area contributed by atoms with Gasteiger partial charge in [-0.2, -0.15) is 26.7 Å². The molecule has 1 saturated heterocycles. The van der Waals surface area contributed by atoms with E-state index in [1.165, 1.54) is 0 Å². The van der Waals surface area contributed by atoms with E-state index in [2.05, 4.69) is 39.1 Å². The third-order valence-electron chi connectivity index (χ3n) is 3.26. The molecule has 0 bridgehead atoms. The smallest absolute Gasteiger partial charge is 0.243 e. The Morgan fingerprint density at radius 1 is 1.25 bits per heavy atom. The molecule has 0 aliphatic carbocycles. The molecule has 3 N–H and O–H groups in total. The summed E-state index contributed by atoms with van der Waals surface area (Å²) in [7, 11) is 3.81. The van der Waals surface area contributed by atoms with Crippen LogP contribution in [0.25, 0.3) is 0 Å². The molecule has 0 aromatic carbocycles. The number of nitrogens with two attached hydrogens (primary N) is 1. The highest BCUT2D eigenvalue weighted by Crippen LogP contribution is 2.31. The van der Waals surface area contributed by atoms with Crippen molar-refractivity contribution in [2.45, 2.75) is 25.0 Å². The number of hydrazine groups is 1. The first kappa shape index (κ1) is 15.1. The molecule has 1 aliphatic heterocycles. The lowest BCUT2D eigenvalue weighted by atomic mass is 10.1. The number of hydrogen-bond donors (Lipinski definition) is 2. The minimum atomic E-state index is 0.307. The molecule has 1 aromatic heterocycles. The van der Waals surface area contributed by atoms with Gasteiger partial charge in [0.2, 0.25) is 17.8 Å². The molecule has 0 spiro atoms. The van der Waals surface area contributed by atoms with Crippen LogP contribution in [0.4, 0.5) is 17.8 Å². The zero-order valence-electron chi connectivity index (χ0n) is 12.6. The maximum atomic E-state index is 5.45. The molecule has 0 unspecified atom stereocenters. The molecule has 2 rings (SSSR count). The molecule has 1 fully saturated rings. The average Bonchev–Trinajstić information content (AvgIpc) is 2.59. The van der Waals surface area contributed by atoms with Gasteiger partial charge in [-0.05, 0) is 6.42 Å². The third-order valence-corrected chi connectivity index (χ3v) is 4.63. The van der Waals surface area contributed by atoms with Gasteiger partial charge < -0.3 is 9.80 Å². The fourth-order valence-electron chi connectivity index (χ4n) is 1.98. The Kier molecular flexibility index (Phi) is 4.54. The summed E-state index contributed by atoms with van der Waals surface area (Å²) in [6, 6.07) is 0. The lowest BCUT2D eigenvalue weighted by Gasteiger charge is -2.23. The summed E-state index contributed by atoms with van der Waals surface area (Å²) in [5, 5.41) is 0. The van der Waals surface area contributed by atoms with Crippen LogP contribution < -0.4 is 21.1 Å². The van der Waals surface area contributed by atoms with Crippen molar-refractivity contribution in [2.75, 3.05) is 48.2 Å². The van der Waals surface area contributed by atoms with Gasteiger partial charge in [0.25, 0.3) is 0 Å². The molecule has 2 heterocycles. The zero-order valence-corrected chi connectivity index (χ0v) is 13.4. The van der Waals surface area contributed by atoms with Crippen LogP contribution in [0.5, 0.6) is 0 Å². The second-order valence-electron chi connectivity index (χ2n) is 5.64. The van der Waals surface area contributed by atoms with E-state index in [1.807, 2.05) is 30.8 Å². The summed E-state index contributed by atoms with van der Waals surface area (Å²) in [5.41, 5.74) is 2.51. The van der Waals surface area contributed by atoms with Crippen LogP contribution in [0.2, 0.25) is 0 Å². The number of rotatable bonds is 3. The summed E-state index contributed by atoms with van der Waals surface area (Å²) in [6.45, 7) is 6.45. The maximum Gasteiger partial charge on any atom is 0.243 e. The van der Waals surface area contributed by atoms with E-state index in [0.29, 0.717) is 22.6 Å². The highest BCUT2D eigenvalue weighted by molar-refractivity contribution is 8.00. The fourth-order valence-corrected chi connectivity index (χ4v) is 3.08. The average molecular weight is 297 g/mol. The minimum absolute atomic E-state index is 0.307. The molecular formula is C12H23N7S. The van der Waals surface area contributed by atoms with Crippen LogP contribution in [0.1, 0.15) is 20.3 Å². The molecule has 20 heavy (non-hydrogen) atoms. The first-order valence-electron chi connectivity index (χ1n) is 6.70. The van der Waals surface area contributed by atoms with Crippen molar-refractivity contribution in [2.24, 2.45) is 5.84 Å². The molecule has 0 saturated carbocycles. The van der Waals surface area contributed by atoms with E-state index in [4.69, 9.17) is 5.84 Å². The second-order valence-corrected chi connectivity index (χ2v) is 7.45. The van der Waals surface area contributed by atoms with Gasteiger partial charge in [0, 0.05) is 37.7 Å². The van der Waals surface area contributed by atoms with Crippen molar-refractivity contribution >= 4 is 29.6 Å². The molecule has 0 amide bonds. The number of hydrogen-bond acceptors (Lipinski definition) is 8. The number of nitrogens with one attached hydrogen (secondary N) is 1. The van der Waals surface area contributed by atoms with Gasteiger partial charge in [-0.25, -0.2) is 5.84 Å². The van der Waals surface area contributed by atoms with Crippen LogP contribution in [0.3, 0.4) is 0 Å². The van der Waals surface area contributed by atoms with Crippen molar-refractivity contribution in [3.63, 3.8) is 0 Å². The number of anilines is 3.